The third-order valence-electron chi connectivity index (χ3n) is 4.59. The van der Waals surface area contributed by atoms with Crippen molar-refractivity contribution in [3.8, 4) is 0 Å². The second-order valence-electron chi connectivity index (χ2n) is 6.27. The van der Waals surface area contributed by atoms with Crippen molar-refractivity contribution in [2.75, 3.05) is 36.8 Å². The van der Waals surface area contributed by atoms with Crippen molar-refractivity contribution in [3.63, 3.8) is 0 Å². The summed E-state index contributed by atoms with van der Waals surface area (Å²) in [6, 6.07) is 13.8. The van der Waals surface area contributed by atoms with Crippen molar-refractivity contribution >= 4 is 56.7 Å². The van der Waals surface area contributed by atoms with Crippen molar-refractivity contribution in [2.24, 2.45) is 0 Å². The minimum Gasteiger partial charge on any atom is -0.383 e. The molecule has 1 aromatic heterocycles. The van der Waals surface area contributed by atoms with E-state index in [2.05, 4.69) is 9.97 Å². The highest BCUT2D eigenvalue weighted by Crippen LogP contribution is 2.24. The summed E-state index contributed by atoms with van der Waals surface area (Å²) in [4.78, 5) is 11.2. The molecule has 0 spiro atoms. The van der Waals surface area contributed by atoms with Gasteiger partial charge in [-0.15, -0.1) is 12.4 Å². The molecule has 1 aliphatic heterocycles. The number of anilines is 2. The highest BCUT2D eigenvalue weighted by molar-refractivity contribution is 7.89. The normalized spacial score (nSPS) is 15.4. The molecule has 3 aromatic rings. The Bertz CT molecular complexity index is 1080. The van der Waals surface area contributed by atoms with Gasteiger partial charge in [-0.3, -0.25) is 0 Å². The molecule has 2 aromatic carbocycles. The third-order valence-corrected chi connectivity index (χ3v) is 6.76. The van der Waals surface area contributed by atoms with Crippen molar-refractivity contribution in [2.45, 2.75) is 4.90 Å². The van der Waals surface area contributed by atoms with Gasteiger partial charge in [-0.2, -0.15) is 9.29 Å². The van der Waals surface area contributed by atoms with Crippen LogP contribution in [0.1, 0.15) is 0 Å². The summed E-state index contributed by atoms with van der Waals surface area (Å²) >= 11 is 5.85. The molecule has 0 radical (unpaired) electrons. The standard InChI is InChI=1S/C18H18ClN5O2S.ClH/c19-13-5-7-14(8-6-13)27(25,26)24-11-9-23(10-12-24)18-21-16-4-2-1-3-15(16)17(20)22-18;/h1-8H,9-12H2,(H2,20,21,22);1H. The minimum atomic E-state index is -3.54. The van der Waals surface area contributed by atoms with Gasteiger partial charge in [0.05, 0.1) is 10.4 Å². The van der Waals surface area contributed by atoms with Gasteiger partial charge in [0.15, 0.2) is 0 Å². The zero-order chi connectivity index (χ0) is 19.0. The number of nitrogens with zero attached hydrogens (tertiary/aromatic N) is 4. The zero-order valence-electron chi connectivity index (χ0n) is 14.8. The molecule has 10 heteroatoms. The highest BCUT2D eigenvalue weighted by Gasteiger charge is 2.29. The molecule has 0 atom stereocenters. The van der Waals surface area contributed by atoms with E-state index in [1.807, 2.05) is 29.2 Å². The first-order valence-corrected chi connectivity index (χ1v) is 10.3. The van der Waals surface area contributed by atoms with E-state index >= 15 is 0 Å². The van der Waals surface area contributed by atoms with Gasteiger partial charge in [-0.25, -0.2) is 13.4 Å². The molecule has 0 unspecified atom stereocenters. The summed E-state index contributed by atoms with van der Waals surface area (Å²) in [5.74, 6) is 0.946. The van der Waals surface area contributed by atoms with Crippen LogP contribution in [-0.2, 0) is 10.0 Å². The lowest BCUT2D eigenvalue weighted by atomic mass is 10.2. The fraction of sp³-hybridized carbons (Fsp3) is 0.222. The molecule has 1 saturated heterocycles. The first kappa shape index (κ1) is 20.6. The summed E-state index contributed by atoms with van der Waals surface area (Å²) < 4.78 is 27.0. The Labute approximate surface area is 174 Å². The first-order chi connectivity index (χ1) is 12.9. The van der Waals surface area contributed by atoms with E-state index in [9.17, 15) is 8.42 Å². The van der Waals surface area contributed by atoms with Crippen LogP contribution in [0.15, 0.2) is 53.4 Å². The second kappa shape index (κ2) is 8.08. The molecule has 148 valence electrons. The van der Waals surface area contributed by atoms with Gasteiger partial charge >= 0.3 is 0 Å². The molecule has 1 fully saturated rings. The van der Waals surface area contributed by atoms with E-state index in [0.29, 0.717) is 43.0 Å². The number of fused-ring (bicyclic) bond motifs is 1. The quantitative estimate of drug-likeness (QED) is 0.674. The van der Waals surface area contributed by atoms with Gasteiger partial charge in [0.2, 0.25) is 16.0 Å². The van der Waals surface area contributed by atoms with Crippen molar-refractivity contribution in [1.82, 2.24) is 14.3 Å². The van der Waals surface area contributed by atoms with E-state index in [0.717, 1.165) is 10.9 Å². The van der Waals surface area contributed by atoms with Crippen molar-refractivity contribution in [3.05, 3.63) is 53.6 Å². The molecule has 0 amide bonds. The fourth-order valence-electron chi connectivity index (χ4n) is 3.11. The number of hydrogen-bond acceptors (Lipinski definition) is 6. The zero-order valence-corrected chi connectivity index (χ0v) is 17.2. The number of benzene rings is 2. The van der Waals surface area contributed by atoms with Crippen LogP contribution < -0.4 is 10.6 Å². The average Bonchev–Trinajstić information content (AvgIpc) is 2.68. The van der Waals surface area contributed by atoms with E-state index in [4.69, 9.17) is 17.3 Å². The van der Waals surface area contributed by atoms with E-state index in [-0.39, 0.29) is 17.3 Å². The number of nitrogens with two attached hydrogens (primary N) is 1. The molecule has 0 bridgehead atoms. The molecular formula is C18H19Cl2N5O2S. The number of aromatic nitrogens is 2. The van der Waals surface area contributed by atoms with E-state index in [1.165, 1.54) is 16.4 Å². The predicted molar refractivity (Wildman–Crippen MR) is 114 cm³/mol. The molecule has 7 nitrogen and oxygen atoms in total. The van der Waals surface area contributed by atoms with E-state index < -0.39 is 10.0 Å². The molecular weight excluding hydrogens is 421 g/mol. The van der Waals surface area contributed by atoms with Crippen molar-refractivity contribution in [1.29, 1.82) is 0 Å². The van der Waals surface area contributed by atoms with Crippen LogP contribution in [0, 0.1) is 0 Å². The summed E-state index contributed by atoms with van der Waals surface area (Å²) in [6.07, 6.45) is 0. The van der Waals surface area contributed by atoms with Gasteiger partial charge in [-0.1, -0.05) is 23.7 Å². The van der Waals surface area contributed by atoms with Gasteiger partial charge in [0.1, 0.15) is 5.82 Å². The first-order valence-electron chi connectivity index (χ1n) is 8.48. The van der Waals surface area contributed by atoms with Gasteiger partial charge < -0.3 is 10.6 Å². The topological polar surface area (TPSA) is 92.4 Å². The number of para-hydroxylation sites is 1. The Morgan fingerprint density at radius 3 is 2.25 bits per heavy atom. The summed E-state index contributed by atoms with van der Waals surface area (Å²) in [5, 5.41) is 1.31. The third kappa shape index (κ3) is 3.86. The number of sulfonamides is 1. The van der Waals surface area contributed by atoms with Crippen LogP contribution in [0.5, 0.6) is 0 Å². The van der Waals surface area contributed by atoms with Crippen LogP contribution in [-0.4, -0.2) is 48.9 Å². The van der Waals surface area contributed by atoms with Gasteiger partial charge in [-0.05, 0) is 36.4 Å². The van der Waals surface area contributed by atoms with Crippen LogP contribution in [0.4, 0.5) is 11.8 Å². The van der Waals surface area contributed by atoms with Crippen LogP contribution >= 0.6 is 24.0 Å². The average molecular weight is 440 g/mol. The minimum absolute atomic E-state index is 0. The molecule has 2 heterocycles. The summed E-state index contributed by atoms with van der Waals surface area (Å²) in [5.41, 5.74) is 6.83. The van der Waals surface area contributed by atoms with E-state index in [1.54, 1.807) is 12.1 Å². The van der Waals surface area contributed by atoms with Gasteiger partial charge in [0, 0.05) is 36.6 Å². The summed E-state index contributed by atoms with van der Waals surface area (Å²) in [7, 11) is -3.54. The SMILES string of the molecule is Cl.Nc1nc(N2CCN(S(=O)(=O)c3ccc(Cl)cc3)CC2)nc2ccccc12. The lowest BCUT2D eigenvalue weighted by Crippen LogP contribution is -2.49. The number of hydrogen-bond donors (Lipinski definition) is 1. The lowest BCUT2D eigenvalue weighted by molar-refractivity contribution is 0.383. The Hall–Kier alpha value is -2.13. The number of rotatable bonds is 3. The van der Waals surface area contributed by atoms with Gasteiger partial charge in [0.25, 0.3) is 0 Å². The Kier molecular flexibility index (Phi) is 5.95. The number of halogens is 2. The Morgan fingerprint density at radius 2 is 1.57 bits per heavy atom. The second-order valence-corrected chi connectivity index (χ2v) is 8.65. The van der Waals surface area contributed by atoms with Crippen molar-refractivity contribution < 1.29 is 8.42 Å². The Morgan fingerprint density at radius 1 is 0.929 bits per heavy atom. The monoisotopic (exact) mass is 439 g/mol. The number of piperazine rings is 1. The maximum Gasteiger partial charge on any atom is 0.243 e. The maximum atomic E-state index is 12.8. The molecule has 1 aliphatic rings. The summed E-state index contributed by atoms with van der Waals surface area (Å²) in [6.45, 7) is 1.68. The fourth-order valence-corrected chi connectivity index (χ4v) is 4.66. The molecule has 0 aliphatic carbocycles. The molecule has 4 rings (SSSR count). The molecule has 28 heavy (non-hydrogen) atoms. The predicted octanol–water partition coefficient (Wildman–Crippen LogP) is 2.80. The smallest absolute Gasteiger partial charge is 0.243 e. The Balaban J connectivity index is 0.00000225. The highest BCUT2D eigenvalue weighted by atomic mass is 35.5. The molecule has 2 N–H and O–H groups in total. The molecule has 0 saturated carbocycles. The maximum absolute atomic E-state index is 12.8. The number of nitrogen functional groups attached to an aromatic ring is 1. The van der Waals surface area contributed by atoms with Crippen LogP contribution in [0.2, 0.25) is 5.02 Å². The van der Waals surface area contributed by atoms with Crippen LogP contribution in [0.25, 0.3) is 10.9 Å². The lowest BCUT2D eigenvalue weighted by Gasteiger charge is -2.34. The largest absolute Gasteiger partial charge is 0.383 e. The van der Waals surface area contributed by atoms with Crippen LogP contribution in [0.3, 0.4) is 0 Å².